The number of hydrogen-bond acceptors (Lipinski definition) is 6. The van der Waals surface area contributed by atoms with Crippen LogP contribution in [-0.2, 0) is 18.4 Å². The van der Waals surface area contributed by atoms with Gasteiger partial charge in [-0.2, -0.15) is 0 Å². The Morgan fingerprint density at radius 1 is 0.449 bits per heavy atom. The normalized spacial score (nSPS) is 13.8. The second-order valence-corrected chi connectivity index (χ2v) is 24.2. The molecule has 1 amide bonds. The van der Waals surface area contributed by atoms with Crippen molar-refractivity contribution in [2.75, 3.05) is 40.9 Å². The predicted octanol–water partition coefficient (Wildman–Crippen LogP) is 18.2. The molecule has 3 unspecified atom stereocenters. The third-order valence-corrected chi connectivity index (χ3v) is 15.6. The fourth-order valence-electron chi connectivity index (χ4n) is 9.75. The second-order valence-electron chi connectivity index (χ2n) is 22.8. The van der Waals surface area contributed by atoms with Crippen molar-refractivity contribution >= 4 is 13.7 Å². The lowest BCUT2D eigenvalue weighted by Crippen LogP contribution is -2.46. The molecule has 3 atom stereocenters. The molecule has 0 spiro atoms. The number of phosphoric ester groups is 1. The number of rotatable bonds is 58. The van der Waals surface area contributed by atoms with Gasteiger partial charge >= 0.3 is 0 Å². The minimum Gasteiger partial charge on any atom is -0.756 e. The lowest BCUT2D eigenvalue weighted by atomic mass is 10.0. The first-order valence-electron chi connectivity index (χ1n) is 30.9. The van der Waals surface area contributed by atoms with Gasteiger partial charge in [0.25, 0.3) is 7.82 Å². The van der Waals surface area contributed by atoms with E-state index in [1.807, 2.05) is 21.1 Å². The molecule has 8 nitrogen and oxygen atoms in total. The molecule has 0 heterocycles. The molecule has 0 aliphatic rings. The number of amides is 1. The first-order chi connectivity index (χ1) is 33.5. The summed E-state index contributed by atoms with van der Waals surface area (Å²) in [6.07, 6.45) is 62.9. The summed E-state index contributed by atoms with van der Waals surface area (Å²) in [6.45, 7) is 4.79. The van der Waals surface area contributed by atoms with Gasteiger partial charge in [-0.3, -0.25) is 9.36 Å². The van der Waals surface area contributed by atoms with E-state index in [0.29, 0.717) is 23.9 Å². The third kappa shape index (κ3) is 55.1. The SMILES string of the molecule is CCCCCCCCCCCCCCCCCCCCCCCCCCCCC(O)C(COP(=O)([O-])OCC[N+](C)(C)C)NC(=O)CCCCCCCCCCCCCCCCCCCCCCC. The van der Waals surface area contributed by atoms with E-state index in [0.717, 1.165) is 38.5 Å². The number of quaternary nitrogens is 1. The molecule has 69 heavy (non-hydrogen) atoms. The molecule has 0 rings (SSSR count). The molecule has 0 aromatic rings. The van der Waals surface area contributed by atoms with Crippen LogP contribution < -0.4 is 10.2 Å². The van der Waals surface area contributed by atoms with E-state index in [4.69, 9.17) is 9.05 Å². The molecule has 2 N–H and O–H groups in total. The van der Waals surface area contributed by atoms with Gasteiger partial charge in [-0.1, -0.05) is 309 Å². The van der Waals surface area contributed by atoms with Crippen LogP contribution in [0.2, 0.25) is 0 Å². The van der Waals surface area contributed by atoms with Crippen molar-refractivity contribution in [1.29, 1.82) is 0 Å². The summed E-state index contributed by atoms with van der Waals surface area (Å²) < 4.78 is 23.5. The summed E-state index contributed by atoms with van der Waals surface area (Å²) in [5.41, 5.74) is 0. The molecule has 0 aliphatic carbocycles. The number of aliphatic hydroxyl groups is 1. The van der Waals surface area contributed by atoms with Crippen molar-refractivity contribution in [1.82, 2.24) is 5.32 Å². The first-order valence-corrected chi connectivity index (χ1v) is 32.3. The highest BCUT2D eigenvalue weighted by molar-refractivity contribution is 7.45. The number of carbonyl (C=O) groups is 1. The lowest BCUT2D eigenvalue weighted by Gasteiger charge is -2.30. The van der Waals surface area contributed by atoms with Crippen LogP contribution in [0.1, 0.15) is 328 Å². The Bertz CT molecular complexity index is 1090. The van der Waals surface area contributed by atoms with Gasteiger partial charge in [0.05, 0.1) is 39.9 Å². The summed E-state index contributed by atoms with van der Waals surface area (Å²) in [6, 6.07) is -0.795. The van der Waals surface area contributed by atoms with Crippen LogP contribution in [0.25, 0.3) is 0 Å². The summed E-state index contributed by atoms with van der Waals surface area (Å²) >= 11 is 0. The Labute approximate surface area is 431 Å². The van der Waals surface area contributed by atoms with E-state index in [2.05, 4.69) is 19.2 Å². The van der Waals surface area contributed by atoms with Crippen LogP contribution in [0, 0.1) is 0 Å². The molecule has 0 aromatic carbocycles. The fourth-order valence-corrected chi connectivity index (χ4v) is 10.5. The van der Waals surface area contributed by atoms with Gasteiger partial charge in [-0.05, 0) is 12.8 Å². The van der Waals surface area contributed by atoms with Crippen LogP contribution in [0.3, 0.4) is 0 Å². The smallest absolute Gasteiger partial charge is 0.268 e. The highest BCUT2D eigenvalue weighted by atomic mass is 31.2. The van der Waals surface area contributed by atoms with Gasteiger partial charge < -0.3 is 28.8 Å². The predicted molar refractivity (Wildman–Crippen MR) is 298 cm³/mol. The molecule has 414 valence electrons. The summed E-state index contributed by atoms with van der Waals surface area (Å²) in [7, 11) is 1.33. The number of unbranched alkanes of at least 4 members (excludes halogenated alkanes) is 45. The first kappa shape index (κ1) is 68.5. The topological polar surface area (TPSA) is 108 Å². The molecular formula is C60H123N2O6P. The molecule has 0 radical (unpaired) electrons. The number of phosphoric acid groups is 1. The van der Waals surface area contributed by atoms with E-state index in [1.54, 1.807) is 0 Å². The van der Waals surface area contributed by atoms with E-state index < -0.39 is 20.0 Å². The molecule has 0 aliphatic heterocycles. The van der Waals surface area contributed by atoms with Gasteiger partial charge in [0.2, 0.25) is 5.91 Å². The average Bonchev–Trinajstić information content (AvgIpc) is 3.31. The Morgan fingerprint density at radius 3 is 0.986 bits per heavy atom. The minimum atomic E-state index is -4.57. The van der Waals surface area contributed by atoms with Crippen LogP contribution in [0.5, 0.6) is 0 Å². The second kappa shape index (κ2) is 52.4. The average molecular weight is 1000 g/mol. The maximum absolute atomic E-state index is 13.0. The Hall–Kier alpha value is -0.500. The summed E-state index contributed by atoms with van der Waals surface area (Å²) in [5.74, 6) is -0.155. The molecule has 0 saturated carbocycles. The monoisotopic (exact) mass is 999 g/mol. The number of nitrogens with one attached hydrogen (secondary N) is 1. The third-order valence-electron chi connectivity index (χ3n) is 14.6. The Kier molecular flexibility index (Phi) is 52.0. The number of nitrogens with zero attached hydrogens (tertiary/aromatic N) is 1. The molecule has 0 saturated heterocycles. The minimum absolute atomic E-state index is 0.0168. The highest BCUT2D eigenvalue weighted by Gasteiger charge is 2.24. The molecule has 0 bridgehead atoms. The van der Waals surface area contributed by atoms with Gasteiger partial charge in [0.15, 0.2) is 0 Å². The fraction of sp³-hybridized carbons (Fsp3) is 0.983. The number of hydrogen-bond donors (Lipinski definition) is 2. The Balaban J connectivity index is 4.08. The lowest BCUT2D eigenvalue weighted by molar-refractivity contribution is -0.870. The van der Waals surface area contributed by atoms with Crippen LogP contribution in [0.4, 0.5) is 0 Å². The number of aliphatic hydroxyl groups excluding tert-OH is 1. The van der Waals surface area contributed by atoms with Crippen LogP contribution in [-0.4, -0.2) is 68.5 Å². The quantitative estimate of drug-likeness (QED) is 0.0357. The highest BCUT2D eigenvalue weighted by Crippen LogP contribution is 2.38. The zero-order valence-corrected chi connectivity index (χ0v) is 48.2. The van der Waals surface area contributed by atoms with Gasteiger partial charge in [-0.15, -0.1) is 0 Å². The summed E-state index contributed by atoms with van der Waals surface area (Å²) in [4.78, 5) is 25.6. The molecular weight excluding hydrogens is 876 g/mol. The van der Waals surface area contributed by atoms with E-state index in [1.165, 1.54) is 263 Å². The van der Waals surface area contributed by atoms with Crippen molar-refractivity contribution in [3.63, 3.8) is 0 Å². The maximum Gasteiger partial charge on any atom is 0.268 e. The van der Waals surface area contributed by atoms with Crippen molar-refractivity contribution < 1.29 is 32.9 Å². The van der Waals surface area contributed by atoms with Gasteiger partial charge in [0, 0.05) is 6.42 Å². The molecule has 0 fully saturated rings. The van der Waals surface area contributed by atoms with Crippen molar-refractivity contribution in [2.24, 2.45) is 0 Å². The van der Waals surface area contributed by atoms with Crippen molar-refractivity contribution in [3.05, 3.63) is 0 Å². The van der Waals surface area contributed by atoms with Crippen LogP contribution >= 0.6 is 7.82 Å². The number of carbonyl (C=O) groups excluding carboxylic acids is 1. The summed E-state index contributed by atoms with van der Waals surface area (Å²) in [5, 5.41) is 14.1. The zero-order valence-electron chi connectivity index (χ0n) is 47.3. The standard InChI is InChI=1S/C60H123N2O6P/c1-6-8-10-12-14-16-18-20-22-24-26-28-29-30-31-32-34-35-37-39-41-43-45-47-49-51-53-59(63)58(57-68-69(65,66)67-56-55-62(3,4)5)61-60(64)54-52-50-48-46-44-42-40-38-36-33-27-25-23-21-19-17-15-13-11-9-7-2/h58-59,63H,6-57H2,1-5H3,(H-,61,64,65,66). The zero-order chi connectivity index (χ0) is 50.6. The largest absolute Gasteiger partial charge is 0.756 e. The van der Waals surface area contributed by atoms with Crippen LogP contribution in [0.15, 0.2) is 0 Å². The van der Waals surface area contributed by atoms with Gasteiger partial charge in [-0.25, -0.2) is 0 Å². The van der Waals surface area contributed by atoms with E-state index in [9.17, 15) is 19.4 Å². The molecule has 9 heteroatoms. The van der Waals surface area contributed by atoms with Crippen molar-refractivity contribution in [2.45, 2.75) is 341 Å². The Morgan fingerprint density at radius 2 is 0.710 bits per heavy atom. The maximum atomic E-state index is 13.0. The van der Waals surface area contributed by atoms with Gasteiger partial charge in [0.1, 0.15) is 13.2 Å². The van der Waals surface area contributed by atoms with E-state index in [-0.39, 0.29) is 19.1 Å². The van der Waals surface area contributed by atoms with E-state index >= 15 is 0 Å². The molecule has 0 aromatic heterocycles. The number of likely N-dealkylation sites (N-methyl/N-ethyl adjacent to an activating group) is 1. The van der Waals surface area contributed by atoms with Crippen molar-refractivity contribution in [3.8, 4) is 0 Å².